The molecular weight excluding hydrogens is 310 g/mol. The summed E-state index contributed by atoms with van der Waals surface area (Å²) < 4.78 is 5.12. The number of likely N-dealkylation sites (tertiary alicyclic amines) is 1. The Morgan fingerprint density at radius 1 is 0.917 bits per heavy atom. The molecule has 2 fully saturated rings. The predicted molar refractivity (Wildman–Crippen MR) is 86.2 cm³/mol. The van der Waals surface area contributed by atoms with E-state index in [9.17, 15) is 14.4 Å². The quantitative estimate of drug-likeness (QED) is 0.713. The molecule has 1 aromatic rings. The third kappa shape index (κ3) is 3.44. The van der Waals surface area contributed by atoms with Crippen molar-refractivity contribution in [2.24, 2.45) is 5.92 Å². The first-order valence-electron chi connectivity index (χ1n) is 8.47. The highest BCUT2D eigenvalue weighted by atomic mass is 16.3. The third-order valence-electron chi connectivity index (χ3n) is 4.84. The van der Waals surface area contributed by atoms with Gasteiger partial charge in [-0.2, -0.15) is 0 Å². The summed E-state index contributed by atoms with van der Waals surface area (Å²) in [6.45, 7) is 5.05. The van der Waals surface area contributed by atoms with Gasteiger partial charge in [0, 0.05) is 39.3 Å². The van der Waals surface area contributed by atoms with Crippen LogP contribution >= 0.6 is 0 Å². The lowest BCUT2D eigenvalue weighted by molar-refractivity contribution is -0.153. The van der Waals surface area contributed by atoms with Gasteiger partial charge >= 0.3 is 11.8 Å². The van der Waals surface area contributed by atoms with Crippen LogP contribution in [0.15, 0.2) is 22.8 Å². The smallest absolute Gasteiger partial charge is 0.312 e. The number of nitrogens with zero attached hydrogens (tertiary/aromatic N) is 3. The van der Waals surface area contributed by atoms with Crippen LogP contribution in [0.4, 0.5) is 0 Å². The van der Waals surface area contributed by atoms with Gasteiger partial charge in [0.25, 0.3) is 5.91 Å². The number of hydrogen-bond acceptors (Lipinski definition) is 4. The van der Waals surface area contributed by atoms with Gasteiger partial charge in [0.2, 0.25) is 0 Å². The third-order valence-corrected chi connectivity index (χ3v) is 4.84. The van der Waals surface area contributed by atoms with Gasteiger partial charge in [-0.25, -0.2) is 0 Å². The van der Waals surface area contributed by atoms with E-state index in [1.165, 1.54) is 6.26 Å². The number of piperazine rings is 1. The predicted octanol–water partition coefficient (Wildman–Crippen LogP) is 0.823. The SMILES string of the molecule is CC1CCN(C(=O)C(=O)N2CCN(C(=O)c3ccco3)CC2)CC1. The number of carbonyl (C=O) groups is 3. The van der Waals surface area contributed by atoms with Crippen molar-refractivity contribution in [1.82, 2.24) is 14.7 Å². The molecule has 0 atom stereocenters. The Balaban J connectivity index is 1.51. The number of amides is 3. The molecule has 0 saturated carbocycles. The first kappa shape index (κ1) is 16.5. The average molecular weight is 333 g/mol. The van der Waals surface area contributed by atoms with E-state index in [4.69, 9.17) is 4.42 Å². The molecule has 0 aliphatic carbocycles. The fourth-order valence-corrected chi connectivity index (χ4v) is 3.15. The van der Waals surface area contributed by atoms with Gasteiger partial charge < -0.3 is 19.1 Å². The van der Waals surface area contributed by atoms with Crippen molar-refractivity contribution in [3.63, 3.8) is 0 Å². The molecule has 0 bridgehead atoms. The highest BCUT2D eigenvalue weighted by molar-refractivity contribution is 6.34. The second-order valence-corrected chi connectivity index (χ2v) is 6.54. The van der Waals surface area contributed by atoms with Crippen LogP contribution in [0, 0.1) is 5.92 Å². The lowest BCUT2D eigenvalue weighted by Crippen LogP contribution is -2.55. The monoisotopic (exact) mass is 333 g/mol. The minimum atomic E-state index is -0.449. The Morgan fingerprint density at radius 2 is 1.46 bits per heavy atom. The van der Waals surface area contributed by atoms with Crippen molar-refractivity contribution in [3.8, 4) is 0 Å². The van der Waals surface area contributed by atoms with Gasteiger partial charge in [0.05, 0.1) is 6.26 Å². The molecular formula is C17H23N3O4. The van der Waals surface area contributed by atoms with E-state index in [1.807, 2.05) is 0 Å². The summed E-state index contributed by atoms with van der Waals surface area (Å²) in [6, 6.07) is 3.30. The molecule has 2 aliphatic heterocycles. The highest BCUT2D eigenvalue weighted by Crippen LogP contribution is 2.17. The maximum absolute atomic E-state index is 12.4. The maximum Gasteiger partial charge on any atom is 0.312 e. The molecule has 3 heterocycles. The number of furan rings is 1. The van der Waals surface area contributed by atoms with Crippen LogP contribution in [0.2, 0.25) is 0 Å². The van der Waals surface area contributed by atoms with Crippen LogP contribution in [0.1, 0.15) is 30.3 Å². The summed E-state index contributed by atoms with van der Waals surface area (Å²) in [4.78, 5) is 41.8. The molecule has 0 spiro atoms. The molecule has 0 unspecified atom stereocenters. The van der Waals surface area contributed by atoms with Crippen LogP contribution in [0.5, 0.6) is 0 Å². The molecule has 7 heteroatoms. The Labute approximate surface area is 141 Å². The Hall–Kier alpha value is -2.31. The molecule has 0 N–H and O–H groups in total. The maximum atomic E-state index is 12.4. The van der Waals surface area contributed by atoms with E-state index in [1.54, 1.807) is 26.8 Å². The Bertz CT molecular complexity index is 597. The van der Waals surface area contributed by atoms with Gasteiger partial charge in [-0.05, 0) is 30.9 Å². The lowest BCUT2D eigenvalue weighted by atomic mass is 9.99. The van der Waals surface area contributed by atoms with Crippen LogP contribution in [0.25, 0.3) is 0 Å². The van der Waals surface area contributed by atoms with E-state index < -0.39 is 11.8 Å². The first-order chi connectivity index (χ1) is 11.6. The Morgan fingerprint density at radius 3 is 2.00 bits per heavy atom. The van der Waals surface area contributed by atoms with E-state index in [0.29, 0.717) is 50.9 Å². The minimum absolute atomic E-state index is 0.177. The van der Waals surface area contributed by atoms with E-state index in [2.05, 4.69) is 6.92 Å². The molecule has 0 radical (unpaired) electrons. The van der Waals surface area contributed by atoms with Gasteiger partial charge in [0.15, 0.2) is 5.76 Å². The van der Waals surface area contributed by atoms with E-state index >= 15 is 0 Å². The second-order valence-electron chi connectivity index (χ2n) is 6.54. The zero-order chi connectivity index (χ0) is 17.1. The summed E-state index contributed by atoms with van der Waals surface area (Å²) in [5.41, 5.74) is 0. The van der Waals surface area contributed by atoms with Crippen molar-refractivity contribution >= 4 is 17.7 Å². The van der Waals surface area contributed by atoms with Crippen molar-refractivity contribution in [3.05, 3.63) is 24.2 Å². The van der Waals surface area contributed by atoms with Gasteiger partial charge in [0.1, 0.15) is 0 Å². The molecule has 0 aromatic carbocycles. The zero-order valence-corrected chi connectivity index (χ0v) is 13.9. The van der Waals surface area contributed by atoms with E-state index in [-0.39, 0.29) is 5.91 Å². The number of piperidine rings is 1. The van der Waals surface area contributed by atoms with Gasteiger partial charge in [-0.15, -0.1) is 0 Å². The molecule has 24 heavy (non-hydrogen) atoms. The molecule has 2 aliphatic rings. The van der Waals surface area contributed by atoms with Crippen LogP contribution in [-0.2, 0) is 9.59 Å². The average Bonchev–Trinajstić information content (AvgIpc) is 3.15. The minimum Gasteiger partial charge on any atom is -0.459 e. The zero-order valence-electron chi connectivity index (χ0n) is 13.9. The lowest BCUT2D eigenvalue weighted by Gasteiger charge is -2.36. The summed E-state index contributed by atoms with van der Waals surface area (Å²) in [5.74, 6) is -0.126. The standard InChI is InChI=1S/C17H23N3O4/c1-13-4-6-18(7-5-13)16(22)17(23)20-10-8-19(9-11-20)15(21)14-3-2-12-24-14/h2-3,12-13H,4-11H2,1H3. The van der Waals surface area contributed by atoms with Crippen LogP contribution < -0.4 is 0 Å². The summed E-state index contributed by atoms with van der Waals surface area (Å²) in [6.07, 6.45) is 3.36. The number of rotatable bonds is 1. The number of hydrogen-bond donors (Lipinski definition) is 0. The first-order valence-corrected chi connectivity index (χ1v) is 8.47. The fraction of sp³-hybridized carbons (Fsp3) is 0.588. The fourth-order valence-electron chi connectivity index (χ4n) is 3.15. The molecule has 3 amide bonds. The number of carbonyl (C=O) groups excluding carboxylic acids is 3. The van der Waals surface area contributed by atoms with Crippen LogP contribution in [-0.4, -0.2) is 71.7 Å². The second kappa shape index (κ2) is 7.07. The molecule has 7 nitrogen and oxygen atoms in total. The normalized spacial score (nSPS) is 19.5. The topological polar surface area (TPSA) is 74.1 Å². The van der Waals surface area contributed by atoms with E-state index in [0.717, 1.165) is 12.8 Å². The van der Waals surface area contributed by atoms with Crippen molar-refractivity contribution < 1.29 is 18.8 Å². The molecule has 130 valence electrons. The van der Waals surface area contributed by atoms with Crippen molar-refractivity contribution in [2.45, 2.75) is 19.8 Å². The van der Waals surface area contributed by atoms with Gasteiger partial charge in [-0.3, -0.25) is 14.4 Å². The highest BCUT2D eigenvalue weighted by Gasteiger charge is 2.32. The van der Waals surface area contributed by atoms with Crippen molar-refractivity contribution in [1.29, 1.82) is 0 Å². The molecule has 2 saturated heterocycles. The molecule has 1 aromatic heterocycles. The summed E-state index contributed by atoms with van der Waals surface area (Å²) in [5, 5.41) is 0. The summed E-state index contributed by atoms with van der Waals surface area (Å²) in [7, 11) is 0. The largest absolute Gasteiger partial charge is 0.459 e. The summed E-state index contributed by atoms with van der Waals surface area (Å²) >= 11 is 0. The molecule has 3 rings (SSSR count). The van der Waals surface area contributed by atoms with Gasteiger partial charge in [-0.1, -0.05) is 6.92 Å². The Kier molecular flexibility index (Phi) is 4.87. The van der Waals surface area contributed by atoms with Crippen LogP contribution in [0.3, 0.4) is 0 Å². The van der Waals surface area contributed by atoms with Crippen molar-refractivity contribution in [2.75, 3.05) is 39.3 Å².